The highest BCUT2D eigenvalue weighted by Gasteiger charge is 2.19. The number of morpholine rings is 1. The molecule has 3 heterocycles. The third-order valence-electron chi connectivity index (χ3n) is 5.31. The summed E-state index contributed by atoms with van der Waals surface area (Å²) in [5.41, 5.74) is 3.49. The quantitative estimate of drug-likeness (QED) is 0.437. The van der Waals surface area contributed by atoms with Crippen LogP contribution in [0.2, 0.25) is 0 Å². The van der Waals surface area contributed by atoms with E-state index >= 15 is 0 Å². The highest BCUT2D eigenvalue weighted by atomic mass is 19.1. The van der Waals surface area contributed by atoms with E-state index in [0.717, 1.165) is 48.2 Å². The van der Waals surface area contributed by atoms with E-state index in [1.807, 2.05) is 18.2 Å². The Morgan fingerprint density at radius 2 is 2.03 bits per heavy atom. The molecule has 0 N–H and O–H groups in total. The second-order valence-electron chi connectivity index (χ2n) is 7.30. The molecule has 0 radical (unpaired) electrons. The smallest absolute Gasteiger partial charge is 0.304 e. The van der Waals surface area contributed by atoms with Crippen molar-refractivity contribution < 1.29 is 18.7 Å². The van der Waals surface area contributed by atoms with Crippen molar-refractivity contribution in [1.82, 2.24) is 14.5 Å². The Labute approximate surface area is 174 Å². The molecule has 0 spiro atoms. The zero-order chi connectivity index (χ0) is 20.9. The number of anilines is 1. The number of fused-ring (bicyclic) bond motifs is 1. The van der Waals surface area contributed by atoms with Crippen LogP contribution in [0.4, 0.5) is 10.1 Å². The summed E-state index contributed by atoms with van der Waals surface area (Å²) in [6.07, 6.45) is 4.19. The fourth-order valence-corrected chi connectivity index (χ4v) is 3.71. The van der Waals surface area contributed by atoms with Crippen molar-refractivity contribution in [3.8, 4) is 6.01 Å². The molecule has 0 saturated carbocycles. The molecule has 1 fully saturated rings. The normalized spacial score (nSPS) is 14.3. The summed E-state index contributed by atoms with van der Waals surface area (Å²) < 4.78 is 25.3. The Morgan fingerprint density at radius 1 is 1.20 bits per heavy atom. The van der Waals surface area contributed by atoms with Crippen molar-refractivity contribution in [2.75, 3.05) is 38.3 Å². The number of rotatable bonds is 7. The number of ether oxygens (including phenoxy) is 2. The first-order valence-corrected chi connectivity index (χ1v) is 10.2. The minimum absolute atomic E-state index is 0.0503. The predicted octanol–water partition coefficient (Wildman–Crippen LogP) is 3.47. The number of methoxy groups -OCH3 is 1. The molecule has 2 aromatic heterocycles. The van der Waals surface area contributed by atoms with Gasteiger partial charge in [-0.25, -0.2) is 9.55 Å². The SMILES string of the molecule is COc1nc2ccc(N3CCOCC3)cc2n1C(=O)CCCCc1ccc(F)nc1. The van der Waals surface area contributed by atoms with Crippen LogP contribution in [0.15, 0.2) is 36.5 Å². The van der Waals surface area contributed by atoms with Crippen molar-refractivity contribution in [2.45, 2.75) is 25.7 Å². The molecule has 0 unspecified atom stereocenters. The van der Waals surface area contributed by atoms with Gasteiger partial charge in [-0.2, -0.15) is 9.37 Å². The maximum Gasteiger partial charge on any atom is 0.304 e. The van der Waals surface area contributed by atoms with Crippen molar-refractivity contribution in [2.24, 2.45) is 0 Å². The monoisotopic (exact) mass is 412 g/mol. The van der Waals surface area contributed by atoms with E-state index in [1.165, 1.54) is 19.4 Å². The Balaban J connectivity index is 1.46. The first-order valence-electron chi connectivity index (χ1n) is 10.2. The van der Waals surface area contributed by atoms with E-state index < -0.39 is 5.95 Å². The molecule has 0 amide bonds. The number of unbranched alkanes of at least 4 members (excludes halogenated alkanes) is 1. The first-order chi connectivity index (χ1) is 14.7. The fourth-order valence-electron chi connectivity index (χ4n) is 3.71. The predicted molar refractivity (Wildman–Crippen MR) is 112 cm³/mol. The van der Waals surface area contributed by atoms with Crippen LogP contribution in [-0.2, 0) is 11.2 Å². The zero-order valence-corrected chi connectivity index (χ0v) is 17.0. The number of aromatic nitrogens is 3. The van der Waals surface area contributed by atoms with Crippen LogP contribution < -0.4 is 9.64 Å². The third kappa shape index (κ3) is 4.43. The molecule has 0 aliphatic carbocycles. The van der Waals surface area contributed by atoms with Crippen LogP contribution in [0, 0.1) is 5.95 Å². The summed E-state index contributed by atoms with van der Waals surface area (Å²) in [7, 11) is 1.52. The van der Waals surface area contributed by atoms with Gasteiger partial charge in [0.05, 0.1) is 31.4 Å². The van der Waals surface area contributed by atoms with Crippen molar-refractivity contribution in [1.29, 1.82) is 0 Å². The largest absolute Gasteiger partial charge is 0.468 e. The maximum atomic E-state index is 13.0. The molecule has 0 atom stereocenters. The van der Waals surface area contributed by atoms with Gasteiger partial charge in [0.2, 0.25) is 11.9 Å². The molecule has 0 bridgehead atoms. The number of hydrogen-bond acceptors (Lipinski definition) is 6. The minimum Gasteiger partial charge on any atom is -0.468 e. The molecule has 158 valence electrons. The van der Waals surface area contributed by atoms with E-state index in [1.54, 1.807) is 10.6 Å². The molecule has 4 rings (SSSR count). The van der Waals surface area contributed by atoms with Gasteiger partial charge in [0.15, 0.2) is 0 Å². The number of pyridine rings is 1. The Bertz CT molecular complexity index is 1010. The van der Waals surface area contributed by atoms with E-state index in [4.69, 9.17) is 9.47 Å². The lowest BCUT2D eigenvalue weighted by molar-refractivity contribution is 0.0893. The highest BCUT2D eigenvalue weighted by Crippen LogP contribution is 2.27. The number of halogens is 1. The second kappa shape index (κ2) is 9.21. The average Bonchev–Trinajstić information content (AvgIpc) is 3.16. The van der Waals surface area contributed by atoms with E-state index in [-0.39, 0.29) is 5.91 Å². The van der Waals surface area contributed by atoms with Gasteiger partial charge in [-0.1, -0.05) is 6.07 Å². The van der Waals surface area contributed by atoms with E-state index in [0.29, 0.717) is 32.1 Å². The highest BCUT2D eigenvalue weighted by molar-refractivity contribution is 5.93. The van der Waals surface area contributed by atoms with Gasteiger partial charge in [0, 0.05) is 31.4 Å². The number of nitrogens with zero attached hydrogens (tertiary/aromatic N) is 4. The number of imidazole rings is 1. The van der Waals surface area contributed by atoms with E-state index in [9.17, 15) is 9.18 Å². The lowest BCUT2D eigenvalue weighted by Gasteiger charge is -2.28. The van der Waals surface area contributed by atoms with Gasteiger partial charge in [0.1, 0.15) is 0 Å². The molecule has 1 saturated heterocycles. The van der Waals surface area contributed by atoms with Gasteiger partial charge < -0.3 is 14.4 Å². The van der Waals surface area contributed by atoms with Crippen molar-refractivity contribution in [3.63, 3.8) is 0 Å². The van der Waals surface area contributed by atoms with Crippen LogP contribution in [0.5, 0.6) is 6.01 Å². The third-order valence-corrected chi connectivity index (χ3v) is 5.31. The van der Waals surface area contributed by atoms with Crippen LogP contribution in [0.25, 0.3) is 11.0 Å². The van der Waals surface area contributed by atoms with Gasteiger partial charge in [-0.15, -0.1) is 0 Å². The lowest BCUT2D eigenvalue weighted by Crippen LogP contribution is -2.36. The summed E-state index contributed by atoms with van der Waals surface area (Å²) in [6, 6.07) is 9.33. The Hall–Kier alpha value is -3.00. The molecular weight excluding hydrogens is 387 g/mol. The molecular formula is C22H25FN4O3. The van der Waals surface area contributed by atoms with Gasteiger partial charge in [0.25, 0.3) is 0 Å². The molecule has 1 aliphatic heterocycles. The maximum absolute atomic E-state index is 13.0. The number of benzene rings is 1. The van der Waals surface area contributed by atoms with Crippen LogP contribution in [0.1, 0.15) is 29.6 Å². The van der Waals surface area contributed by atoms with Gasteiger partial charge >= 0.3 is 6.01 Å². The van der Waals surface area contributed by atoms with Gasteiger partial charge in [-0.05, 0) is 49.1 Å². The van der Waals surface area contributed by atoms with Gasteiger partial charge in [-0.3, -0.25) is 4.79 Å². The Kier molecular flexibility index (Phi) is 6.23. The molecule has 30 heavy (non-hydrogen) atoms. The summed E-state index contributed by atoms with van der Waals surface area (Å²) in [4.78, 5) is 23.4. The zero-order valence-electron chi connectivity index (χ0n) is 17.0. The number of carbonyl (C=O) groups excluding carboxylic acids is 1. The molecule has 8 heteroatoms. The van der Waals surface area contributed by atoms with Crippen LogP contribution in [0.3, 0.4) is 0 Å². The number of hydrogen-bond donors (Lipinski definition) is 0. The average molecular weight is 412 g/mol. The lowest BCUT2D eigenvalue weighted by atomic mass is 10.1. The number of aryl methyl sites for hydroxylation is 1. The summed E-state index contributed by atoms with van der Waals surface area (Å²) >= 11 is 0. The molecule has 7 nitrogen and oxygen atoms in total. The van der Waals surface area contributed by atoms with E-state index in [2.05, 4.69) is 14.9 Å². The standard InChI is InChI=1S/C22H25FN4O3/c1-29-22-25-18-8-7-17(26-10-12-30-13-11-26)14-19(18)27(22)21(28)5-3-2-4-16-6-9-20(23)24-15-16/h6-9,14-15H,2-5,10-13H2,1H3. The summed E-state index contributed by atoms with van der Waals surface area (Å²) in [6.45, 7) is 3.04. The van der Waals surface area contributed by atoms with Crippen LogP contribution >= 0.6 is 0 Å². The molecule has 1 aromatic carbocycles. The van der Waals surface area contributed by atoms with Crippen molar-refractivity contribution in [3.05, 3.63) is 48.0 Å². The molecule has 1 aliphatic rings. The van der Waals surface area contributed by atoms with Crippen LogP contribution in [-0.4, -0.2) is 53.9 Å². The fraction of sp³-hybridized carbons (Fsp3) is 0.409. The summed E-state index contributed by atoms with van der Waals surface area (Å²) in [5.74, 6) is -0.532. The Morgan fingerprint density at radius 3 is 2.77 bits per heavy atom. The molecule has 3 aromatic rings. The number of carbonyl (C=O) groups is 1. The van der Waals surface area contributed by atoms with Crippen molar-refractivity contribution >= 4 is 22.6 Å². The minimum atomic E-state index is -0.482. The first kappa shape index (κ1) is 20.3. The summed E-state index contributed by atoms with van der Waals surface area (Å²) in [5, 5.41) is 0. The second-order valence-corrected chi connectivity index (χ2v) is 7.30. The topological polar surface area (TPSA) is 69.5 Å².